The van der Waals surface area contributed by atoms with Crippen LogP contribution in [0.2, 0.25) is 0 Å². The predicted molar refractivity (Wildman–Crippen MR) is 117 cm³/mol. The van der Waals surface area contributed by atoms with Crippen LogP contribution in [0.3, 0.4) is 0 Å². The molecule has 3 atom stereocenters. The van der Waals surface area contributed by atoms with Gasteiger partial charge in [-0.25, -0.2) is 0 Å². The van der Waals surface area contributed by atoms with Crippen LogP contribution in [0.25, 0.3) is 11.6 Å². The quantitative estimate of drug-likeness (QED) is 0.398. The number of amides is 1. The Labute approximate surface area is 180 Å². The van der Waals surface area contributed by atoms with Crippen molar-refractivity contribution in [2.45, 2.75) is 31.8 Å². The second-order valence-corrected chi connectivity index (χ2v) is 8.62. The summed E-state index contributed by atoms with van der Waals surface area (Å²) in [7, 11) is 3.29. The number of nitrogens with zero attached hydrogens (tertiary/aromatic N) is 2. The first-order valence-electron chi connectivity index (χ1n) is 10.6. The number of nitro benzene ring substituents is 1. The standard InChI is InChI=1S/C24H24N2O5/c1-25-20-7-6-17(26(28)29)13-18(20)19(24(25)27)10-15-4-8-21(30-2)23(12-15)31-22-11-14-3-5-16(22)9-14/h4,6-8,10,12-14,16,22H,3,5,9,11H2,1-2H3/b19-10+. The third kappa shape index (κ3) is 3.34. The van der Waals surface area contributed by atoms with Crippen molar-refractivity contribution in [1.82, 2.24) is 0 Å². The van der Waals surface area contributed by atoms with Crippen LogP contribution < -0.4 is 14.4 Å². The van der Waals surface area contributed by atoms with E-state index in [-0.39, 0.29) is 17.7 Å². The highest BCUT2D eigenvalue weighted by molar-refractivity contribution is 6.35. The van der Waals surface area contributed by atoms with Gasteiger partial charge in [0.15, 0.2) is 11.5 Å². The van der Waals surface area contributed by atoms with Crippen molar-refractivity contribution in [3.8, 4) is 11.5 Å². The number of hydrogen-bond donors (Lipinski definition) is 0. The number of methoxy groups -OCH3 is 1. The minimum Gasteiger partial charge on any atom is -0.493 e. The van der Waals surface area contributed by atoms with E-state index in [4.69, 9.17) is 9.47 Å². The molecule has 160 valence electrons. The molecule has 3 unspecified atom stereocenters. The van der Waals surface area contributed by atoms with E-state index in [1.54, 1.807) is 26.3 Å². The first kappa shape index (κ1) is 19.6. The van der Waals surface area contributed by atoms with Crippen molar-refractivity contribution in [1.29, 1.82) is 0 Å². The average molecular weight is 420 g/mol. The third-order valence-electron chi connectivity index (χ3n) is 6.83. The van der Waals surface area contributed by atoms with Gasteiger partial charge in [-0.1, -0.05) is 6.07 Å². The van der Waals surface area contributed by atoms with Crippen molar-refractivity contribution in [2.75, 3.05) is 19.1 Å². The van der Waals surface area contributed by atoms with Gasteiger partial charge in [-0.15, -0.1) is 0 Å². The second-order valence-electron chi connectivity index (χ2n) is 8.62. The number of likely N-dealkylation sites (N-methyl/N-ethyl adjacent to an activating group) is 1. The molecule has 2 aliphatic carbocycles. The molecule has 2 aromatic carbocycles. The Morgan fingerprint density at radius 2 is 1.97 bits per heavy atom. The fraction of sp³-hybridized carbons (Fsp3) is 0.375. The van der Waals surface area contributed by atoms with Gasteiger partial charge in [0.1, 0.15) is 6.10 Å². The van der Waals surface area contributed by atoms with E-state index in [1.165, 1.54) is 36.3 Å². The van der Waals surface area contributed by atoms with Crippen LogP contribution in [-0.2, 0) is 4.79 Å². The van der Waals surface area contributed by atoms with Crippen LogP contribution >= 0.6 is 0 Å². The molecule has 7 nitrogen and oxygen atoms in total. The maximum absolute atomic E-state index is 12.9. The summed E-state index contributed by atoms with van der Waals surface area (Å²) in [4.78, 5) is 25.1. The minimum atomic E-state index is -0.449. The van der Waals surface area contributed by atoms with Crippen molar-refractivity contribution in [3.63, 3.8) is 0 Å². The molecule has 2 fully saturated rings. The van der Waals surface area contributed by atoms with Gasteiger partial charge in [0.2, 0.25) is 0 Å². The number of carbonyl (C=O) groups excluding carboxylic acids is 1. The fourth-order valence-electron chi connectivity index (χ4n) is 5.23. The zero-order valence-electron chi connectivity index (χ0n) is 17.5. The van der Waals surface area contributed by atoms with Gasteiger partial charge in [0.25, 0.3) is 11.6 Å². The van der Waals surface area contributed by atoms with Crippen LogP contribution in [0.5, 0.6) is 11.5 Å². The summed E-state index contributed by atoms with van der Waals surface area (Å²) in [6.07, 6.45) is 6.82. The predicted octanol–water partition coefficient (Wildman–Crippen LogP) is 4.69. The topological polar surface area (TPSA) is 81.9 Å². The lowest BCUT2D eigenvalue weighted by atomic mass is 9.97. The van der Waals surface area contributed by atoms with Crippen molar-refractivity contribution >= 4 is 28.9 Å². The average Bonchev–Trinajstić information content (AvgIpc) is 3.44. The van der Waals surface area contributed by atoms with E-state index in [0.29, 0.717) is 34.2 Å². The van der Waals surface area contributed by atoms with Gasteiger partial charge < -0.3 is 14.4 Å². The number of hydrogen-bond acceptors (Lipinski definition) is 5. The highest BCUT2D eigenvalue weighted by Gasteiger charge is 2.41. The number of anilines is 1. The van der Waals surface area contributed by atoms with Gasteiger partial charge in [0.05, 0.1) is 23.3 Å². The number of non-ortho nitro benzene ring substituents is 1. The zero-order valence-corrected chi connectivity index (χ0v) is 17.5. The highest BCUT2D eigenvalue weighted by Crippen LogP contribution is 2.47. The lowest BCUT2D eigenvalue weighted by Crippen LogP contribution is -2.23. The van der Waals surface area contributed by atoms with Gasteiger partial charge in [0, 0.05) is 24.7 Å². The molecule has 0 radical (unpaired) electrons. The van der Waals surface area contributed by atoms with Crippen LogP contribution in [0, 0.1) is 22.0 Å². The van der Waals surface area contributed by atoms with E-state index in [1.807, 2.05) is 18.2 Å². The van der Waals surface area contributed by atoms with E-state index in [9.17, 15) is 14.9 Å². The van der Waals surface area contributed by atoms with Gasteiger partial charge in [-0.05, 0) is 67.4 Å². The van der Waals surface area contributed by atoms with Gasteiger partial charge in [-0.2, -0.15) is 0 Å². The summed E-state index contributed by atoms with van der Waals surface area (Å²) < 4.78 is 11.9. The van der Waals surface area contributed by atoms with Gasteiger partial charge >= 0.3 is 0 Å². The first-order valence-corrected chi connectivity index (χ1v) is 10.6. The van der Waals surface area contributed by atoms with Gasteiger partial charge in [-0.3, -0.25) is 14.9 Å². The van der Waals surface area contributed by atoms with E-state index in [0.717, 1.165) is 17.9 Å². The number of rotatable bonds is 5. The fourth-order valence-corrected chi connectivity index (χ4v) is 5.23. The Morgan fingerprint density at radius 1 is 1.13 bits per heavy atom. The molecule has 0 aromatic heterocycles. The third-order valence-corrected chi connectivity index (χ3v) is 6.83. The molecule has 2 aromatic rings. The Bertz CT molecular complexity index is 1110. The summed E-state index contributed by atoms with van der Waals surface area (Å²) in [5, 5.41) is 11.2. The number of ether oxygens (including phenoxy) is 2. The largest absolute Gasteiger partial charge is 0.493 e. The van der Waals surface area contributed by atoms with Crippen LogP contribution in [-0.4, -0.2) is 31.1 Å². The van der Waals surface area contributed by atoms with Crippen molar-refractivity contribution < 1.29 is 19.2 Å². The SMILES string of the molecule is COc1ccc(/C=C2/C(=O)N(C)c3ccc([N+](=O)[O-])cc32)cc1OC1CC2CCC1C2. The Balaban J connectivity index is 1.50. The maximum Gasteiger partial charge on any atom is 0.270 e. The lowest BCUT2D eigenvalue weighted by Gasteiger charge is -2.24. The number of nitro groups is 1. The normalized spacial score (nSPS) is 25.2. The highest BCUT2D eigenvalue weighted by atomic mass is 16.6. The smallest absolute Gasteiger partial charge is 0.270 e. The second kappa shape index (κ2) is 7.41. The summed E-state index contributed by atoms with van der Waals surface area (Å²) >= 11 is 0. The number of benzene rings is 2. The van der Waals surface area contributed by atoms with Crippen molar-refractivity contribution in [3.05, 3.63) is 57.6 Å². The summed E-state index contributed by atoms with van der Waals surface area (Å²) in [5.74, 6) is 2.52. The Morgan fingerprint density at radius 3 is 2.65 bits per heavy atom. The first-order chi connectivity index (χ1) is 14.9. The molecule has 7 heteroatoms. The molecule has 3 aliphatic rings. The molecular formula is C24H24N2O5. The van der Waals surface area contributed by atoms with Crippen LogP contribution in [0.1, 0.15) is 36.8 Å². The summed E-state index contributed by atoms with van der Waals surface area (Å²) in [5.41, 5.74) is 2.40. The molecular weight excluding hydrogens is 396 g/mol. The molecule has 0 N–H and O–H groups in total. The van der Waals surface area contributed by atoms with E-state index in [2.05, 4.69) is 0 Å². The number of fused-ring (bicyclic) bond motifs is 3. The van der Waals surface area contributed by atoms with E-state index < -0.39 is 4.92 Å². The Hall–Kier alpha value is -3.35. The van der Waals surface area contributed by atoms with Crippen LogP contribution in [0.15, 0.2) is 36.4 Å². The molecule has 1 amide bonds. The van der Waals surface area contributed by atoms with Crippen LogP contribution in [0.4, 0.5) is 11.4 Å². The Kier molecular flexibility index (Phi) is 4.68. The molecule has 0 spiro atoms. The van der Waals surface area contributed by atoms with E-state index >= 15 is 0 Å². The molecule has 5 rings (SSSR count). The summed E-state index contributed by atoms with van der Waals surface area (Å²) in [6.45, 7) is 0. The molecule has 0 saturated heterocycles. The lowest BCUT2D eigenvalue weighted by molar-refractivity contribution is -0.384. The molecule has 31 heavy (non-hydrogen) atoms. The number of carbonyl (C=O) groups is 1. The molecule has 2 bridgehead atoms. The minimum absolute atomic E-state index is 0.0391. The molecule has 1 heterocycles. The molecule has 2 saturated carbocycles. The zero-order chi connectivity index (χ0) is 21.7. The molecule has 1 aliphatic heterocycles. The maximum atomic E-state index is 12.9. The van der Waals surface area contributed by atoms with Crippen molar-refractivity contribution in [2.24, 2.45) is 11.8 Å². The summed E-state index contributed by atoms with van der Waals surface area (Å²) in [6, 6.07) is 10.1. The monoisotopic (exact) mass is 420 g/mol.